The Morgan fingerprint density at radius 1 is 1.56 bits per heavy atom. The molecule has 1 saturated heterocycles. The maximum Gasteiger partial charge on any atom is 0.305 e. The highest BCUT2D eigenvalue weighted by atomic mass is 16.5. The fourth-order valence-electron chi connectivity index (χ4n) is 2.02. The summed E-state index contributed by atoms with van der Waals surface area (Å²) in [7, 11) is 0. The van der Waals surface area contributed by atoms with E-state index in [2.05, 4.69) is 0 Å². The standard InChI is InChI=1S/C12H22N2O4/c1-3-12(2,8-13)11(17)14-4-5-18-7-9(14)6-10(15)16/h9H,3-8,13H2,1-2H3,(H,15,16). The first-order chi connectivity index (χ1) is 8.44. The lowest BCUT2D eigenvalue weighted by molar-refractivity contribution is -0.153. The third kappa shape index (κ3) is 3.20. The molecule has 6 heteroatoms. The van der Waals surface area contributed by atoms with Crippen molar-refractivity contribution in [1.29, 1.82) is 0 Å². The van der Waals surface area contributed by atoms with E-state index in [-0.39, 0.29) is 31.5 Å². The van der Waals surface area contributed by atoms with Crippen LogP contribution in [-0.2, 0) is 14.3 Å². The summed E-state index contributed by atoms with van der Waals surface area (Å²) in [5, 5.41) is 8.86. The molecule has 0 aromatic carbocycles. The highest BCUT2D eigenvalue weighted by Crippen LogP contribution is 2.25. The number of ether oxygens (including phenoxy) is 1. The second-order valence-corrected chi connectivity index (χ2v) is 4.94. The maximum absolute atomic E-state index is 12.5. The molecule has 1 aliphatic rings. The molecular weight excluding hydrogens is 236 g/mol. The molecule has 3 N–H and O–H groups in total. The molecule has 1 amide bonds. The van der Waals surface area contributed by atoms with Crippen LogP contribution in [-0.4, -0.2) is 54.2 Å². The Kier molecular flexibility index (Phi) is 5.10. The van der Waals surface area contributed by atoms with E-state index in [1.807, 2.05) is 13.8 Å². The van der Waals surface area contributed by atoms with Crippen LogP contribution in [0.3, 0.4) is 0 Å². The first-order valence-corrected chi connectivity index (χ1v) is 6.25. The van der Waals surface area contributed by atoms with Gasteiger partial charge in [-0.15, -0.1) is 0 Å². The molecule has 1 fully saturated rings. The number of hydrogen-bond acceptors (Lipinski definition) is 4. The third-order valence-electron chi connectivity index (χ3n) is 3.65. The molecular formula is C12H22N2O4. The van der Waals surface area contributed by atoms with E-state index < -0.39 is 11.4 Å². The zero-order valence-electron chi connectivity index (χ0n) is 11.0. The molecule has 1 aliphatic heterocycles. The lowest BCUT2D eigenvalue weighted by Gasteiger charge is -2.40. The third-order valence-corrected chi connectivity index (χ3v) is 3.65. The summed E-state index contributed by atoms with van der Waals surface area (Å²) in [6.45, 7) is 5.17. The van der Waals surface area contributed by atoms with Crippen LogP contribution in [0.5, 0.6) is 0 Å². The summed E-state index contributed by atoms with van der Waals surface area (Å²) in [6, 6.07) is -0.388. The van der Waals surface area contributed by atoms with Gasteiger partial charge in [0.2, 0.25) is 5.91 Å². The van der Waals surface area contributed by atoms with Gasteiger partial charge in [0.05, 0.1) is 31.1 Å². The van der Waals surface area contributed by atoms with Crippen LogP contribution in [0.4, 0.5) is 0 Å². The van der Waals surface area contributed by atoms with Gasteiger partial charge in [-0.2, -0.15) is 0 Å². The zero-order valence-corrected chi connectivity index (χ0v) is 11.0. The number of nitrogens with zero attached hydrogens (tertiary/aromatic N) is 1. The summed E-state index contributed by atoms with van der Waals surface area (Å²) >= 11 is 0. The molecule has 1 rings (SSSR count). The predicted molar refractivity (Wildman–Crippen MR) is 66.0 cm³/mol. The largest absolute Gasteiger partial charge is 0.481 e. The van der Waals surface area contributed by atoms with Gasteiger partial charge in [0.1, 0.15) is 0 Å². The van der Waals surface area contributed by atoms with E-state index in [9.17, 15) is 9.59 Å². The van der Waals surface area contributed by atoms with Crippen LogP contribution in [0.1, 0.15) is 26.7 Å². The molecule has 1 heterocycles. The number of aliphatic carboxylic acids is 1. The van der Waals surface area contributed by atoms with Gasteiger partial charge in [0.15, 0.2) is 0 Å². The van der Waals surface area contributed by atoms with E-state index in [4.69, 9.17) is 15.6 Å². The van der Waals surface area contributed by atoms with Crippen molar-refractivity contribution in [3.05, 3.63) is 0 Å². The van der Waals surface area contributed by atoms with Gasteiger partial charge in [0.25, 0.3) is 0 Å². The number of rotatable bonds is 5. The monoisotopic (exact) mass is 258 g/mol. The van der Waals surface area contributed by atoms with Gasteiger partial charge in [0, 0.05) is 13.1 Å². The van der Waals surface area contributed by atoms with E-state index in [1.54, 1.807) is 4.90 Å². The number of carbonyl (C=O) groups is 2. The Bertz CT molecular complexity index is 315. The SMILES string of the molecule is CCC(C)(CN)C(=O)N1CCOCC1CC(=O)O. The molecule has 0 aliphatic carbocycles. The van der Waals surface area contributed by atoms with Crippen LogP contribution < -0.4 is 5.73 Å². The highest BCUT2D eigenvalue weighted by molar-refractivity contribution is 5.83. The molecule has 0 spiro atoms. The Balaban J connectivity index is 2.82. The fourth-order valence-corrected chi connectivity index (χ4v) is 2.02. The Labute approximate surface area is 107 Å². The van der Waals surface area contributed by atoms with Gasteiger partial charge in [-0.05, 0) is 13.3 Å². The molecule has 18 heavy (non-hydrogen) atoms. The normalized spacial score (nSPS) is 23.5. The maximum atomic E-state index is 12.5. The minimum Gasteiger partial charge on any atom is -0.481 e. The van der Waals surface area contributed by atoms with Gasteiger partial charge in [-0.1, -0.05) is 6.92 Å². The quantitative estimate of drug-likeness (QED) is 0.727. The van der Waals surface area contributed by atoms with Crippen molar-refractivity contribution >= 4 is 11.9 Å². The molecule has 6 nitrogen and oxygen atoms in total. The lowest BCUT2D eigenvalue weighted by atomic mass is 9.85. The molecule has 0 saturated carbocycles. The Hall–Kier alpha value is -1.14. The number of morpholine rings is 1. The van der Waals surface area contributed by atoms with E-state index in [0.717, 1.165) is 0 Å². The number of carboxylic acid groups (broad SMARTS) is 1. The topological polar surface area (TPSA) is 92.9 Å². The molecule has 2 atom stereocenters. The van der Waals surface area contributed by atoms with Gasteiger partial charge >= 0.3 is 5.97 Å². The van der Waals surface area contributed by atoms with Crippen molar-refractivity contribution < 1.29 is 19.4 Å². The van der Waals surface area contributed by atoms with Crippen LogP contribution in [0.2, 0.25) is 0 Å². The summed E-state index contributed by atoms with van der Waals surface area (Å²) in [5.74, 6) is -0.990. The zero-order chi connectivity index (χ0) is 13.8. The fraction of sp³-hybridized carbons (Fsp3) is 0.833. The number of carbonyl (C=O) groups excluding carboxylic acids is 1. The van der Waals surface area contributed by atoms with Gasteiger partial charge in [-0.25, -0.2) is 0 Å². The minimum absolute atomic E-state index is 0.0675. The van der Waals surface area contributed by atoms with E-state index in [0.29, 0.717) is 19.6 Å². The molecule has 0 aromatic heterocycles. The molecule has 104 valence electrons. The van der Waals surface area contributed by atoms with Crippen molar-refractivity contribution in [2.24, 2.45) is 11.1 Å². The first-order valence-electron chi connectivity index (χ1n) is 6.25. The minimum atomic E-state index is -0.922. The van der Waals surface area contributed by atoms with E-state index in [1.165, 1.54) is 0 Å². The first kappa shape index (κ1) is 14.9. The van der Waals surface area contributed by atoms with Crippen molar-refractivity contribution in [2.75, 3.05) is 26.3 Å². The molecule has 2 unspecified atom stereocenters. The summed E-state index contributed by atoms with van der Waals surface area (Å²) in [6.07, 6.45) is 0.551. The smallest absolute Gasteiger partial charge is 0.305 e. The Morgan fingerprint density at radius 3 is 2.72 bits per heavy atom. The molecule has 0 bridgehead atoms. The molecule has 0 radical (unpaired) electrons. The number of nitrogens with two attached hydrogens (primary N) is 1. The van der Waals surface area contributed by atoms with Crippen molar-refractivity contribution in [2.45, 2.75) is 32.7 Å². The number of hydrogen-bond donors (Lipinski definition) is 2. The van der Waals surface area contributed by atoms with Crippen molar-refractivity contribution in [3.8, 4) is 0 Å². The second-order valence-electron chi connectivity index (χ2n) is 4.94. The van der Waals surface area contributed by atoms with Crippen LogP contribution in [0.25, 0.3) is 0 Å². The van der Waals surface area contributed by atoms with Crippen molar-refractivity contribution in [1.82, 2.24) is 4.90 Å². The number of carboxylic acids is 1. The summed E-state index contributed by atoms with van der Waals surface area (Å²) in [5.41, 5.74) is 5.06. The highest BCUT2D eigenvalue weighted by Gasteiger charge is 2.38. The summed E-state index contributed by atoms with van der Waals surface area (Å²) < 4.78 is 5.25. The van der Waals surface area contributed by atoms with Crippen LogP contribution >= 0.6 is 0 Å². The predicted octanol–water partition coefficient (Wildman–Crippen LogP) is 0.0635. The van der Waals surface area contributed by atoms with Crippen molar-refractivity contribution in [3.63, 3.8) is 0 Å². The lowest BCUT2D eigenvalue weighted by Crippen LogP contribution is -2.55. The second kappa shape index (κ2) is 6.15. The average Bonchev–Trinajstić information content (AvgIpc) is 2.37. The van der Waals surface area contributed by atoms with Crippen LogP contribution in [0.15, 0.2) is 0 Å². The van der Waals surface area contributed by atoms with Gasteiger partial charge in [-0.3, -0.25) is 9.59 Å². The molecule has 0 aromatic rings. The Morgan fingerprint density at radius 2 is 2.22 bits per heavy atom. The number of amides is 1. The van der Waals surface area contributed by atoms with Gasteiger partial charge < -0.3 is 20.5 Å². The van der Waals surface area contributed by atoms with E-state index >= 15 is 0 Å². The van der Waals surface area contributed by atoms with Crippen LogP contribution in [0, 0.1) is 5.41 Å². The summed E-state index contributed by atoms with van der Waals surface area (Å²) in [4.78, 5) is 24.9. The average molecular weight is 258 g/mol.